The maximum atomic E-state index is 9.91. The Morgan fingerprint density at radius 3 is 1.46 bits per heavy atom. The van der Waals surface area contributed by atoms with Gasteiger partial charge in [-0.15, -0.1) is 0 Å². The second kappa shape index (κ2) is 5.11. The highest BCUT2D eigenvalue weighted by Crippen LogP contribution is 1.95. The zero-order valence-corrected chi connectivity index (χ0v) is 8.11. The van der Waals surface area contributed by atoms with Gasteiger partial charge in [0.1, 0.15) is 0 Å². The van der Waals surface area contributed by atoms with Crippen LogP contribution in [0.3, 0.4) is 0 Å². The van der Waals surface area contributed by atoms with Gasteiger partial charge in [-0.05, 0) is 18.9 Å². The number of nitrogens with zero attached hydrogens (tertiary/aromatic N) is 4. The zero-order chi connectivity index (χ0) is 10.4. The monoisotopic (exact) mass is 226 g/mol. The number of nitro groups is 2. The van der Waals surface area contributed by atoms with Gasteiger partial charge in [0.05, 0.1) is 0 Å². The molecule has 0 aromatic carbocycles. The summed E-state index contributed by atoms with van der Waals surface area (Å²) < 4.78 is 1.66. The molecular formula is H2N4O7Si2. The van der Waals surface area contributed by atoms with Crippen LogP contribution in [0.25, 0.3) is 0 Å². The van der Waals surface area contributed by atoms with Crippen LogP contribution in [-0.4, -0.2) is 27.9 Å². The molecule has 0 N–H and O–H groups in total. The average Bonchev–Trinajstić information content (AvgIpc) is 2.05. The molecule has 0 aliphatic carbocycles. The average molecular weight is 226 g/mol. The molecule has 72 valence electrons. The van der Waals surface area contributed by atoms with Crippen LogP contribution < -0.4 is 0 Å². The van der Waals surface area contributed by atoms with Crippen molar-refractivity contribution in [3.63, 3.8) is 0 Å². The molecule has 0 aliphatic rings. The van der Waals surface area contributed by atoms with Crippen molar-refractivity contribution in [1.29, 1.82) is 0 Å². The Balaban J connectivity index is 4.36. The Bertz CT molecular complexity index is 215. The lowest BCUT2D eigenvalue weighted by molar-refractivity contribution is -0.369. The molecule has 0 aliphatic heterocycles. The van der Waals surface area contributed by atoms with E-state index in [2.05, 4.69) is 4.12 Å². The van der Waals surface area contributed by atoms with E-state index < -0.39 is 27.9 Å². The predicted octanol–water partition coefficient (Wildman–Crippen LogP) is -1.48. The summed E-state index contributed by atoms with van der Waals surface area (Å²) in [6.45, 7) is 0. The fraction of sp³-hybridized carbons (Fsp3) is 0. The Hall–Kier alpha value is -1.61. The summed E-state index contributed by atoms with van der Waals surface area (Å²) in [4.78, 5) is 43.2. The van der Waals surface area contributed by atoms with Crippen LogP contribution in [0.15, 0.2) is 9.68 Å². The first kappa shape index (κ1) is 11.4. The third kappa shape index (κ3) is 3.53. The van der Waals surface area contributed by atoms with E-state index in [9.17, 15) is 30.0 Å². The summed E-state index contributed by atoms with van der Waals surface area (Å²) in [5.41, 5.74) is 0. The minimum absolute atomic E-state index is 1.16. The molecule has 13 heteroatoms. The molecular weight excluding hydrogens is 224 g/mol. The van der Waals surface area contributed by atoms with E-state index in [1.807, 2.05) is 9.68 Å². The van der Waals surface area contributed by atoms with Crippen LogP contribution >= 0.6 is 0 Å². The molecule has 0 saturated heterocycles. The lowest BCUT2D eigenvalue weighted by Gasteiger charge is -1.98. The number of nitroso groups, excluding NO2 is 2. The second-order valence-corrected chi connectivity index (χ2v) is 5.23. The zero-order valence-electron chi connectivity index (χ0n) is 5.80. The van der Waals surface area contributed by atoms with Gasteiger partial charge in [0.25, 0.3) is 0 Å². The summed E-state index contributed by atoms with van der Waals surface area (Å²) in [5, 5.41) is 19.8. The SMILES string of the molecule is O=N[SiH](O[SiH](N=O)[N+](=O)[O-])[N+](=O)[O-]. The Morgan fingerprint density at radius 2 is 1.31 bits per heavy atom. The fourth-order valence-corrected chi connectivity index (χ4v) is 2.55. The van der Waals surface area contributed by atoms with Crippen LogP contribution in [0.2, 0.25) is 0 Å². The van der Waals surface area contributed by atoms with E-state index in [1.54, 1.807) is 0 Å². The molecule has 0 spiro atoms. The van der Waals surface area contributed by atoms with Crippen molar-refractivity contribution in [2.45, 2.75) is 0 Å². The van der Waals surface area contributed by atoms with Crippen molar-refractivity contribution in [2.75, 3.05) is 0 Å². The lowest BCUT2D eigenvalue weighted by Crippen LogP contribution is -2.38. The summed E-state index contributed by atoms with van der Waals surface area (Å²) in [6, 6.07) is 0. The molecule has 0 heterocycles. The third-order valence-corrected chi connectivity index (χ3v) is 3.81. The predicted molar refractivity (Wildman–Crippen MR) is 41.0 cm³/mol. The number of hydrogen-bond acceptors (Lipinski definition) is 9. The summed E-state index contributed by atoms with van der Waals surface area (Å²) in [6.07, 6.45) is 0. The van der Waals surface area contributed by atoms with Gasteiger partial charge in [-0.1, -0.05) is 0 Å². The van der Waals surface area contributed by atoms with E-state index in [-0.39, 0.29) is 0 Å². The van der Waals surface area contributed by atoms with Gasteiger partial charge in [-0.25, -0.2) is 0 Å². The molecule has 0 rings (SSSR count). The normalized spacial score (nSPS) is 14.2. The van der Waals surface area contributed by atoms with Crippen LogP contribution in [-0.2, 0) is 4.12 Å². The molecule has 0 amide bonds. The van der Waals surface area contributed by atoms with Gasteiger partial charge in [0, 0.05) is 0 Å². The maximum absolute atomic E-state index is 9.91. The molecule has 0 radical (unpaired) electrons. The van der Waals surface area contributed by atoms with E-state index in [4.69, 9.17) is 0 Å². The summed E-state index contributed by atoms with van der Waals surface area (Å²) in [7, 11) is -7.60. The molecule has 0 saturated carbocycles. The fourth-order valence-electron chi connectivity index (χ4n) is 0.335. The van der Waals surface area contributed by atoms with Gasteiger partial charge in [0.2, 0.25) is 0 Å². The van der Waals surface area contributed by atoms with Gasteiger partial charge in [-0.3, -0.25) is 20.2 Å². The topological polar surface area (TPSA) is 154 Å². The van der Waals surface area contributed by atoms with Gasteiger partial charge >= 0.3 is 18.7 Å². The molecule has 13 heavy (non-hydrogen) atoms. The van der Waals surface area contributed by atoms with E-state index in [0.717, 1.165) is 0 Å². The minimum Gasteiger partial charge on any atom is -0.309 e. The number of hydrogen-bond donors (Lipinski definition) is 0. The quantitative estimate of drug-likeness (QED) is 0.231. The Labute approximate surface area is 72.7 Å². The minimum atomic E-state index is -3.80. The largest absolute Gasteiger partial charge is 0.730 e. The van der Waals surface area contributed by atoms with Crippen LogP contribution in [0.1, 0.15) is 0 Å². The standard InChI is InChI=1S/H2N4O7Si2/c5-1-12(3(7)8)11-13(2-6)4(9)10/h12-13H. The highest BCUT2D eigenvalue weighted by Gasteiger charge is 2.44. The van der Waals surface area contributed by atoms with Gasteiger partial charge in [0.15, 0.2) is 0 Å². The second-order valence-electron chi connectivity index (χ2n) is 1.57. The van der Waals surface area contributed by atoms with Crippen molar-refractivity contribution in [3.05, 3.63) is 30.0 Å². The van der Waals surface area contributed by atoms with Crippen LogP contribution in [0.4, 0.5) is 0 Å². The third-order valence-electron chi connectivity index (χ3n) is 0.784. The molecule has 0 fully saturated rings. The van der Waals surface area contributed by atoms with Gasteiger partial charge < -0.3 is 4.12 Å². The van der Waals surface area contributed by atoms with Crippen molar-refractivity contribution >= 4 is 18.7 Å². The maximum Gasteiger partial charge on any atom is 0.730 e. The first-order chi connectivity index (χ1) is 6.02. The molecule has 0 aromatic rings. The van der Waals surface area contributed by atoms with E-state index in [1.165, 1.54) is 0 Å². The lowest BCUT2D eigenvalue weighted by atomic mass is 13.4. The van der Waals surface area contributed by atoms with Gasteiger partial charge in [-0.2, -0.15) is 9.81 Å². The van der Waals surface area contributed by atoms with Crippen molar-refractivity contribution in [3.8, 4) is 0 Å². The summed E-state index contributed by atoms with van der Waals surface area (Å²) >= 11 is 0. The molecule has 2 atom stereocenters. The van der Waals surface area contributed by atoms with Crippen LogP contribution in [0, 0.1) is 30.0 Å². The Morgan fingerprint density at radius 1 is 1.00 bits per heavy atom. The summed E-state index contributed by atoms with van der Waals surface area (Å²) in [5.74, 6) is 0. The van der Waals surface area contributed by atoms with Crippen molar-refractivity contribution < 1.29 is 13.3 Å². The highest BCUT2D eigenvalue weighted by molar-refractivity contribution is 6.55. The van der Waals surface area contributed by atoms with Crippen molar-refractivity contribution in [2.24, 2.45) is 9.68 Å². The Kier molecular flexibility index (Phi) is 4.48. The molecule has 0 bridgehead atoms. The molecule has 0 aromatic heterocycles. The number of rotatable bonds is 6. The molecule has 2 unspecified atom stereocenters. The molecule has 11 nitrogen and oxygen atoms in total. The highest BCUT2D eigenvalue weighted by atomic mass is 28.4. The van der Waals surface area contributed by atoms with E-state index >= 15 is 0 Å². The van der Waals surface area contributed by atoms with Crippen LogP contribution in [0.5, 0.6) is 0 Å². The van der Waals surface area contributed by atoms with Crippen molar-refractivity contribution in [1.82, 2.24) is 0 Å². The first-order valence-corrected chi connectivity index (χ1v) is 5.61. The smallest absolute Gasteiger partial charge is 0.309 e. The van der Waals surface area contributed by atoms with E-state index in [0.29, 0.717) is 0 Å². The first-order valence-electron chi connectivity index (χ1n) is 2.60.